The molecule has 1 unspecified atom stereocenters. The molecule has 0 N–H and O–H groups in total. The zero-order valence-corrected chi connectivity index (χ0v) is 11.8. The molecule has 2 aromatic rings. The van der Waals surface area contributed by atoms with E-state index in [0.717, 1.165) is 0 Å². The highest BCUT2D eigenvalue weighted by atomic mass is 35.5. The van der Waals surface area contributed by atoms with E-state index in [9.17, 15) is 15.3 Å². The number of benzene rings is 2. The molecule has 21 heavy (non-hydrogen) atoms. The number of rotatable bonds is 5. The lowest BCUT2D eigenvalue weighted by molar-refractivity contribution is -0.579. The molecule has 0 heterocycles. The molecular weight excluding hydrogens is 292 g/mol. The summed E-state index contributed by atoms with van der Waals surface area (Å²) in [4.78, 5) is 10.3. The van der Waals surface area contributed by atoms with Gasteiger partial charge in [0.1, 0.15) is 0 Å². The van der Waals surface area contributed by atoms with E-state index in [2.05, 4.69) is 0 Å². The molecule has 1 atom stereocenters. The van der Waals surface area contributed by atoms with E-state index in [1.54, 1.807) is 54.6 Å². The molecule has 0 radical (unpaired) electrons. The third-order valence-electron chi connectivity index (χ3n) is 2.96. The molecule has 2 aromatic carbocycles. The Kier molecular flexibility index (Phi) is 4.90. The van der Waals surface area contributed by atoms with Crippen molar-refractivity contribution in [3.63, 3.8) is 0 Å². The highest BCUT2D eigenvalue weighted by Gasteiger charge is 2.25. The highest BCUT2D eigenvalue weighted by molar-refractivity contribution is 6.30. The van der Waals surface area contributed by atoms with Crippen LogP contribution in [0, 0.1) is 15.3 Å². The summed E-state index contributed by atoms with van der Waals surface area (Å²) in [6.45, 7) is -0.461. The lowest BCUT2D eigenvalue weighted by atomic mass is 10.1. The minimum Gasteiger partial charge on any atom is -0.623 e. The van der Waals surface area contributed by atoms with Gasteiger partial charge in [-0.2, -0.15) is 4.74 Å². The van der Waals surface area contributed by atoms with E-state index in [1.165, 1.54) is 6.21 Å². The number of hydrogen-bond donors (Lipinski definition) is 0. The van der Waals surface area contributed by atoms with Gasteiger partial charge < -0.3 is 5.21 Å². The van der Waals surface area contributed by atoms with E-state index < -0.39 is 17.5 Å². The standard InChI is InChI=1S/C15H13ClN2O3/c16-14-8-6-12(7-9-14)10-17(19)15(11-18(20)21)13-4-2-1-3-5-13/h1-10,15H,11H2/b17-10+. The van der Waals surface area contributed by atoms with Crippen LogP contribution < -0.4 is 0 Å². The summed E-state index contributed by atoms with van der Waals surface area (Å²) >= 11 is 5.78. The zero-order valence-electron chi connectivity index (χ0n) is 11.1. The van der Waals surface area contributed by atoms with Gasteiger partial charge in [0.15, 0.2) is 6.21 Å². The Balaban J connectivity index is 2.31. The fourth-order valence-electron chi connectivity index (χ4n) is 1.93. The predicted octanol–water partition coefficient (Wildman–Crippen LogP) is 3.29. The topological polar surface area (TPSA) is 69.2 Å². The Hall–Kier alpha value is -2.40. The molecule has 6 heteroatoms. The summed E-state index contributed by atoms with van der Waals surface area (Å²) < 4.78 is 0.612. The fourth-order valence-corrected chi connectivity index (χ4v) is 2.06. The largest absolute Gasteiger partial charge is 0.623 e. The first-order chi connectivity index (χ1) is 10.1. The van der Waals surface area contributed by atoms with E-state index in [4.69, 9.17) is 11.6 Å². The quantitative estimate of drug-likeness (QED) is 0.280. The SMILES string of the molecule is O=[N+]([O-])CC(c1ccccc1)/[N+]([O-])=C\c1ccc(Cl)cc1. The van der Waals surface area contributed by atoms with Crippen LogP contribution >= 0.6 is 11.6 Å². The van der Waals surface area contributed by atoms with Crippen molar-refractivity contribution >= 4 is 17.8 Å². The fraction of sp³-hybridized carbons (Fsp3) is 0.133. The molecule has 0 aliphatic rings. The molecule has 0 saturated carbocycles. The minimum absolute atomic E-state index is 0.461. The van der Waals surface area contributed by atoms with Crippen LogP contribution in [0.4, 0.5) is 0 Å². The molecule has 0 aromatic heterocycles. The molecule has 0 amide bonds. The van der Waals surface area contributed by atoms with Crippen LogP contribution in [-0.2, 0) is 0 Å². The lowest BCUT2D eigenvalue weighted by Gasteiger charge is -2.13. The van der Waals surface area contributed by atoms with Gasteiger partial charge in [0.25, 0.3) is 12.6 Å². The summed E-state index contributed by atoms with van der Waals surface area (Å²) in [5.74, 6) is 0. The van der Waals surface area contributed by atoms with Crippen molar-refractivity contribution in [2.45, 2.75) is 6.04 Å². The third kappa shape index (κ3) is 4.29. The van der Waals surface area contributed by atoms with Crippen molar-refractivity contribution in [1.82, 2.24) is 0 Å². The second-order valence-corrected chi connectivity index (χ2v) is 4.92. The second-order valence-electron chi connectivity index (χ2n) is 4.48. The maximum atomic E-state index is 12.3. The Bertz CT molecular complexity index is 642. The molecule has 0 saturated heterocycles. The van der Waals surface area contributed by atoms with Crippen molar-refractivity contribution < 1.29 is 9.66 Å². The van der Waals surface area contributed by atoms with Gasteiger partial charge >= 0.3 is 0 Å². The van der Waals surface area contributed by atoms with Crippen LogP contribution in [0.2, 0.25) is 5.02 Å². The van der Waals surface area contributed by atoms with Crippen LogP contribution in [0.5, 0.6) is 0 Å². The molecule has 2 rings (SSSR count). The van der Waals surface area contributed by atoms with Crippen LogP contribution in [0.1, 0.15) is 17.2 Å². The van der Waals surface area contributed by atoms with Crippen LogP contribution in [0.15, 0.2) is 54.6 Å². The van der Waals surface area contributed by atoms with Gasteiger partial charge in [-0.1, -0.05) is 41.9 Å². The van der Waals surface area contributed by atoms with Gasteiger partial charge in [-0.25, -0.2) is 0 Å². The van der Waals surface area contributed by atoms with Crippen molar-refractivity contribution in [1.29, 1.82) is 0 Å². The van der Waals surface area contributed by atoms with Crippen molar-refractivity contribution in [2.75, 3.05) is 6.54 Å². The molecule has 108 valence electrons. The normalized spacial score (nSPS) is 12.9. The summed E-state index contributed by atoms with van der Waals surface area (Å²) in [6.07, 6.45) is 1.33. The maximum Gasteiger partial charge on any atom is 0.269 e. The summed E-state index contributed by atoms with van der Waals surface area (Å²) in [7, 11) is 0. The van der Waals surface area contributed by atoms with E-state index in [0.29, 0.717) is 20.9 Å². The van der Waals surface area contributed by atoms with Gasteiger partial charge in [0.05, 0.1) is 0 Å². The smallest absolute Gasteiger partial charge is 0.269 e. The Morgan fingerprint density at radius 3 is 2.24 bits per heavy atom. The second kappa shape index (κ2) is 6.85. The first kappa shape index (κ1) is 15.0. The summed E-state index contributed by atoms with van der Waals surface area (Å²) in [5, 5.41) is 23.6. The molecule has 0 aliphatic carbocycles. The summed E-state index contributed by atoms with van der Waals surface area (Å²) in [6, 6.07) is 14.5. The molecular formula is C15H13ClN2O3. The molecule has 0 bridgehead atoms. The highest BCUT2D eigenvalue weighted by Crippen LogP contribution is 2.17. The maximum absolute atomic E-state index is 12.3. The zero-order chi connectivity index (χ0) is 15.2. The number of nitro groups is 1. The monoisotopic (exact) mass is 304 g/mol. The average Bonchev–Trinajstić information content (AvgIpc) is 2.48. The van der Waals surface area contributed by atoms with Crippen molar-refractivity contribution in [3.8, 4) is 0 Å². The number of hydroxylamine groups is 1. The number of hydrogen-bond acceptors (Lipinski definition) is 3. The van der Waals surface area contributed by atoms with Gasteiger partial charge in [0.2, 0.25) is 0 Å². The third-order valence-corrected chi connectivity index (χ3v) is 3.21. The first-order valence-electron chi connectivity index (χ1n) is 6.29. The van der Waals surface area contributed by atoms with Crippen LogP contribution in [-0.4, -0.2) is 22.4 Å². The molecule has 0 aliphatic heterocycles. The van der Waals surface area contributed by atoms with Gasteiger partial charge in [0, 0.05) is 21.1 Å². The molecule has 0 fully saturated rings. The minimum atomic E-state index is -0.864. The van der Waals surface area contributed by atoms with Crippen LogP contribution in [0.3, 0.4) is 0 Å². The molecule has 5 nitrogen and oxygen atoms in total. The Morgan fingerprint density at radius 1 is 1.05 bits per heavy atom. The average molecular weight is 305 g/mol. The van der Waals surface area contributed by atoms with E-state index in [1.807, 2.05) is 0 Å². The van der Waals surface area contributed by atoms with E-state index >= 15 is 0 Å². The number of halogens is 1. The molecule has 0 spiro atoms. The van der Waals surface area contributed by atoms with Crippen molar-refractivity contribution in [3.05, 3.63) is 86.1 Å². The van der Waals surface area contributed by atoms with Gasteiger partial charge in [-0.3, -0.25) is 10.1 Å². The van der Waals surface area contributed by atoms with Gasteiger partial charge in [-0.05, 0) is 24.3 Å². The lowest BCUT2D eigenvalue weighted by Crippen LogP contribution is -2.23. The van der Waals surface area contributed by atoms with Gasteiger partial charge in [-0.15, -0.1) is 0 Å². The Labute approximate surface area is 126 Å². The summed E-state index contributed by atoms with van der Waals surface area (Å²) in [5.41, 5.74) is 1.24. The van der Waals surface area contributed by atoms with Crippen LogP contribution in [0.25, 0.3) is 0 Å². The predicted molar refractivity (Wildman–Crippen MR) is 81.3 cm³/mol. The first-order valence-corrected chi connectivity index (χ1v) is 6.66. The number of nitrogens with zero attached hydrogens (tertiary/aromatic N) is 2. The van der Waals surface area contributed by atoms with Crippen molar-refractivity contribution in [2.24, 2.45) is 0 Å². The van der Waals surface area contributed by atoms with E-state index in [-0.39, 0.29) is 0 Å². The Morgan fingerprint density at radius 2 is 1.67 bits per heavy atom.